The van der Waals surface area contributed by atoms with E-state index in [2.05, 4.69) is 4.74 Å². The van der Waals surface area contributed by atoms with Crippen molar-refractivity contribution in [1.29, 1.82) is 0 Å². The molecule has 0 spiro atoms. The van der Waals surface area contributed by atoms with Gasteiger partial charge in [0.05, 0.1) is 18.9 Å². The maximum absolute atomic E-state index is 10.9. The Morgan fingerprint density at radius 2 is 1.91 bits per heavy atom. The first-order chi connectivity index (χ1) is 4.90. The number of methoxy groups -OCH3 is 1. The van der Waals surface area contributed by atoms with Crippen molar-refractivity contribution in [3.8, 4) is 0 Å². The van der Waals surface area contributed by atoms with Gasteiger partial charge in [0.2, 0.25) is 0 Å². The van der Waals surface area contributed by atoms with Crippen LogP contribution in [0.2, 0.25) is 0 Å². The summed E-state index contributed by atoms with van der Waals surface area (Å²) >= 11 is 0. The Morgan fingerprint density at radius 1 is 1.45 bits per heavy atom. The third kappa shape index (κ3) is 3.02. The van der Waals surface area contributed by atoms with Crippen LogP contribution in [0.15, 0.2) is 0 Å². The minimum absolute atomic E-state index is 0.209. The second-order valence-electron chi connectivity index (χ2n) is 2.95. The van der Waals surface area contributed by atoms with Crippen molar-refractivity contribution in [3.05, 3.63) is 0 Å². The maximum atomic E-state index is 10.9. The Labute approximate surface area is 65.2 Å². The summed E-state index contributed by atoms with van der Waals surface area (Å²) in [6.45, 7) is 3.07. The lowest BCUT2D eigenvalue weighted by Gasteiger charge is -2.18. The summed E-state index contributed by atoms with van der Waals surface area (Å²) < 4.78 is 4.41. The van der Waals surface area contributed by atoms with Gasteiger partial charge in [-0.05, 0) is 13.8 Å². The molecule has 0 aromatic carbocycles. The van der Waals surface area contributed by atoms with E-state index >= 15 is 0 Å². The molecule has 0 fully saturated rings. The van der Waals surface area contributed by atoms with Crippen molar-refractivity contribution in [2.24, 2.45) is 5.41 Å². The molecule has 0 rings (SSSR count). The van der Waals surface area contributed by atoms with Crippen LogP contribution in [0.5, 0.6) is 0 Å². The molecular weight excluding hydrogens is 148 g/mol. The van der Waals surface area contributed by atoms with E-state index in [1.165, 1.54) is 21.0 Å². The third-order valence-corrected chi connectivity index (χ3v) is 1.33. The molecule has 64 valence electrons. The molecule has 0 aromatic heterocycles. The second-order valence-corrected chi connectivity index (χ2v) is 2.95. The highest BCUT2D eigenvalue weighted by Gasteiger charge is 2.31. The Morgan fingerprint density at radius 3 is 2.18 bits per heavy atom. The first kappa shape index (κ1) is 9.94. The van der Waals surface area contributed by atoms with E-state index in [4.69, 9.17) is 5.11 Å². The largest absolute Gasteiger partial charge is 0.481 e. The molecule has 0 aliphatic rings. The molecule has 0 aliphatic heterocycles. The summed E-state index contributed by atoms with van der Waals surface area (Å²) in [5.41, 5.74) is -0.930. The van der Waals surface area contributed by atoms with Crippen molar-refractivity contribution in [2.75, 3.05) is 7.11 Å². The number of carbonyl (C=O) groups is 2. The van der Waals surface area contributed by atoms with Crippen LogP contribution in [0.25, 0.3) is 0 Å². The molecule has 4 heteroatoms. The molecule has 0 saturated heterocycles. The fourth-order valence-corrected chi connectivity index (χ4v) is 0.727. The van der Waals surface area contributed by atoms with Crippen LogP contribution in [0.4, 0.5) is 0 Å². The predicted molar refractivity (Wildman–Crippen MR) is 38.0 cm³/mol. The Kier molecular flexibility index (Phi) is 3.04. The Bertz CT molecular complexity index is 171. The fourth-order valence-electron chi connectivity index (χ4n) is 0.727. The highest BCUT2D eigenvalue weighted by Crippen LogP contribution is 2.21. The lowest BCUT2D eigenvalue weighted by Crippen LogP contribution is -2.28. The normalized spacial score (nSPS) is 10.8. The number of hydrogen-bond donors (Lipinski definition) is 1. The van der Waals surface area contributed by atoms with Gasteiger partial charge < -0.3 is 9.84 Å². The first-order valence-corrected chi connectivity index (χ1v) is 3.20. The monoisotopic (exact) mass is 160 g/mol. The Balaban J connectivity index is 4.21. The SMILES string of the molecule is COC(=O)C(C)(C)CC(=O)O. The van der Waals surface area contributed by atoms with Gasteiger partial charge in [-0.15, -0.1) is 0 Å². The van der Waals surface area contributed by atoms with Gasteiger partial charge in [-0.25, -0.2) is 0 Å². The minimum Gasteiger partial charge on any atom is -0.481 e. The smallest absolute Gasteiger partial charge is 0.311 e. The molecule has 0 aliphatic carbocycles. The van der Waals surface area contributed by atoms with E-state index in [0.717, 1.165) is 0 Å². The average Bonchev–Trinajstić information content (AvgIpc) is 1.83. The van der Waals surface area contributed by atoms with Crippen molar-refractivity contribution in [3.63, 3.8) is 0 Å². The number of esters is 1. The summed E-state index contributed by atoms with van der Waals surface area (Å²) in [5.74, 6) is -1.50. The molecule has 0 amide bonds. The molecule has 0 bridgehead atoms. The number of aliphatic carboxylic acids is 1. The molecule has 4 nitrogen and oxygen atoms in total. The maximum Gasteiger partial charge on any atom is 0.311 e. The highest BCUT2D eigenvalue weighted by atomic mass is 16.5. The van der Waals surface area contributed by atoms with Gasteiger partial charge in [0.1, 0.15) is 0 Å². The van der Waals surface area contributed by atoms with Gasteiger partial charge in [-0.1, -0.05) is 0 Å². The molecule has 11 heavy (non-hydrogen) atoms. The lowest BCUT2D eigenvalue weighted by atomic mass is 9.90. The van der Waals surface area contributed by atoms with E-state index in [0.29, 0.717) is 0 Å². The van der Waals surface area contributed by atoms with Crippen LogP contribution in [0.3, 0.4) is 0 Å². The zero-order valence-electron chi connectivity index (χ0n) is 6.88. The molecule has 0 atom stereocenters. The summed E-state index contributed by atoms with van der Waals surface area (Å²) in [5, 5.41) is 8.39. The van der Waals surface area contributed by atoms with Crippen molar-refractivity contribution in [2.45, 2.75) is 20.3 Å². The molecule has 0 radical (unpaired) electrons. The third-order valence-electron chi connectivity index (χ3n) is 1.33. The zero-order valence-corrected chi connectivity index (χ0v) is 6.88. The van der Waals surface area contributed by atoms with Crippen LogP contribution in [-0.4, -0.2) is 24.2 Å². The minimum atomic E-state index is -1.000. The van der Waals surface area contributed by atoms with Gasteiger partial charge in [0, 0.05) is 0 Å². The second kappa shape index (κ2) is 3.37. The molecule has 0 heterocycles. The molecule has 0 saturated carbocycles. The van der Waals surface area contributed by atoms with Crippen LogP contribution in [0, 0.1) is 5.41 Å². The van der Waals surface area contributed by atoms with Crippen molar-refractivity contribution in [1.82, 2.24) is 0 Å². The van der Waals surface area contributed by atoms with Crippen LogP contribution < -0.4 is 0 Å². The van der Waals surface area contributed by atoms with Gasteiger partial charge in [-0.3, -0.25) is 9.59 Å². The van der Waals surface area contributed by atoms with Crippen LogP contribution >= 0.6 is 0 Å². The molecule has 0 aromatic rings. The molecule has 0 unspecified atom stereocenters. The lowest BCUT2D eigenvalue weighted by molar-refractivity contribution is -0.156. The van der Waals surface area contributed by atoms with Crippen LogP contribution in [-0.2, 0) is 14.3 Å². The summed E-state index contributed by atoms with van der Waals surface area (Å²) in [6, 6.07) is 0. The quantitative estimate of drug-likeness (QED) is 0.616. The van der Waals surface area contributed by atoms with E-state index in [1.54, 1.807) is 0 Å². The number of ether oxygens (including phenoxy) is 1. The number of carboxylic acid groups (broad SMARTS) is 1. The van der Waals surface area contributed by atoms with Crippen molar-refractivity contribution < 1.29 is 19.4 Å². The number of carboxylic acids is 1. The van der Waals surface area contributed by atoms with Gasteiger partial charge in [0.25, 0.3) is 0 Å². The van der Waals surface area contributed by atoms with E-state index < -0.39 is 17.4 Å². The Hall–Kier alpha value is -1.06. The van der Waals surface area contributed by atoms with Gasteiger partial charge in [-0.2, -0.15) is 0 Å². The van der Waals surface area contributed by atoms with Gasteiger partial charge >= 0.3 is 11.9 Å². The number of carbonyl (C=O) groups excluding carboxylic acids is 1. The standard InChI is InChI=1S/C7H12O4/c1-7(2,4-5(8)9)6(10)11-3/h4H2,1-3H3,(H,8,9). The predicted octanol–water partition coefficient (Wildman–Crippen LogP) is 0.660. The summed E-state index contributed by atoms with van der Waals surface area (Å²) in [4.78, 5) is 21.1. The molecule has 1 N–H and O–H groups in total. The van der Waals surface area contributed by atoms with Gasteiger partial charge in [0.15, 0.2) is 0 Å². The van der Waals surface area contributed by atoms with Crippen LogP contribution in [0.1, 0.15) is 20.3 Å². The van der Waals surface area contributed by atoms with Crippen molar-refractivity contribution >= 4 is 11.9 Å². The average molecular weight is 160 g/mol. The number of rotatable bonds is 3. The van der Waals surface area contributed by atoms with E-state index in [9.17, 15) is 9.59 Å². The summed E-state index contributed by atoms with van der Waals surface area (Å²) in [6.07, 6.45) is -0.209. The van der Waals surface area contributed by atoms with E-state index in [1.807, 2.05) is 0 Å². The molecular formula is C7H12O4. The highest BCUT2D eigenvalue weighted by molar-refractivity contribution is 5.81. The summed E-state index contributed by atoms with van der Waals surface area (Å²) in [7, 11) is 1.24. The fraction of sp³-hybridized carbons (Fsp3) is 0.714. The topological polar surface area (TPSA) is 63.6 Å². The zero-order chi connectivity index (χ0) is 9.07. The first-order valence-electron chi connectivity index (χ1n) is 3.20. The van der Waals surface area contributed by atoms with E-state index in [-0.39, 0.29) is 6.42 Å². The number of hydrogen-bond acceptors (Lipinski definition) is 3.